The summed E-state index contributed by atoms with van der Waals surface area (Å²) >= 11 is 3.97. The molecule has 796 valence electrons. The van der Waals surface area contributed by atoms with Crippen molar-refractivity contribution in [2.24, 2.45) is 47.0 Å². The molecule has 1 saturated heterocycles. The van der Waals surface area contributed by atoms with Crippen LogP contribution in [-0.2, 0) is 107 Å². The molecule has 1 aliphatic rings. The zero-order valence-corrected chi connectivity index (χ0v) is 82.4. The first-order valence-electron chi connectivity index (χ1n) is 46.0. The lowest BCUT2D eigenvalue weighted by molar-refractivity contribution is -0.144. The van der Waals surface area contributed by atoms with E-state index in [-0.39, 0.29) is 62.5 Å². The third-order valence-electron chi connectivity index (χ3n) is 22.4. The van der Waals surface area contributed by atoms with Gasteiger partial charge in [-0.1, -0.05) is 102 Å². The van der Waals surface area contributed by atoms with Gasteiger partial charge in [-0.25, -0.2) is 4.79 Å². The molecule has 1 fully saturated rings. The number of carbonyl (C=O) groups is 21. The number of thiol groups is 1. The number of phenols is 1. The van der Waals surface area contributed by atoms with E-state index in [1.54, 1.807) is 41.5 Å². The molecule has 0 unspecified atom stereocenters. The molecule has 23 atom stereocenters. The summed E-state index contributed by atoms with van der Waals surface area (Å²) in [6.07, 6.45) is -6.78. The SMILES string of the molecule is CC[C@H](C)[C@H](NC(=O)[C@H](Cc1ccc(O)cc1)NC(=O)[C@@H](NC(=O)[C@H](CCC(N)=O)NC(=O)[C@@H](NC(=O)CNC(=O)[C@H](CC(C)C)NC(=O)[C@H](CO)NC(=O)[C@H](CO)NC(=O)[C@H](CO)NC(=O)[C@@H]1CCCN1C(=O)[C@@H](NC(=O)[C@@H](NC(=O)[C@@H](NC(=O)[C@@H](NC(=O)[C@H](CO)NC(=O)[C@H](CO)NC(=O)[C@H](CC(C)C)NC(=O)[C@@H](N)CO)C(C)C)C(C)C)[C@@H](C)O)C(C)C)[C@@H](C)O)[C@@H](C)O)C(=O)N[C@@H](CS)C(=O)O. The lowest BCUT2D eigenvalue weighted by atomic mass is 9.96. The molecular weight excluding hydrogens is 1880 g/mol. The first-order chi connectivity index (χ1) is 65.9. The Labute approximate surface area is 820 Å². The minimum atomic E-state index is -2.02. The molecule has 0 aromatic heterocycles. The fourth-order valence-corrected chi connectivity index (χ4v) is 14.2. The number of carboxylic acids is 1. The highest BCUT2D eigenvalue weighted by atomic mass is 32.1. The number of aliphatic hydroxyl groups is 9. The van der Waals surface area contributed by atoms with Gasteiger partial charge in [0, 0.05) is 25.1 Å². The Hall–Kier alpha value is -12.2. The van der Waals surface area contributed by atoms with Crippen LogP contribution in [0.1, 0.15) is 154 Å². The van der Waals surface area contributed by atoms with Gasteiger partial charge in [-0.3, -0.25) is 95.9 Å². The van der Waals surface area contributed by atoms with Crippen LogP contribution in [0.4, 0.5) is 0 Å². The lowest BCUT2D eigenvalue weighted by Gasteiger charge is -2.33. The largest absolute Gasteiger partial charge is 0.508 e. The van der Waals surface area contributed by atoms with Crippen molar-refractivity contribution in [3.63, 3.8) is 0 Å². The second kappa shape index (κ2) is 61.5. The molecular formula is C87H145N21O32S. The first-order valence-corrected chi connectivity index (χ1v) is 46.6. The number of carboxylic acid groups (broad SMARTS) is 1. The highest BCUT2D eigenvalue weighted by molar-refractivity contribution is 7.80. The minimum absolute atomic E-state index is 0.0198. The van der Waals surface area contributed by atoms with E-state index >= 15 is 0 Å². The first kappa shape index (κ1) is 125. The molecule has 1 aromatic rings. The van der Waals surface area contributed by atoms with Gasteiger partial charge >= 0.3 is 5.97 Å². The standard InChI is InChI=1S/C87H145N21O32S/c1-16-42(12)65(82(134)100-58(36-141)87(139)140)105-73(125)52(28-46-19-21-47(118)22-20-46)94-84(136)67(44(14)116)106-71(123)49(23-24-60(89)119)91-83(135)66(43(13)115)101-61(120)29-90-70(122)50(26-37(2)3)93-74(126)53(31-110)96-76(128)55(33-112)97-77(129)56(34-113)99-79(131)59-18-17-25-108(59)86(138)64(41(10)11)104-85(137)68(45(15)117)107-81(133)63(40(8)9)103-80(132)62(39(6)7)102-78(130)57(35-114)98-75(127)54(32-111)95-72(124)51(27-38(4)5)92-69(121)48(88)30-109/h19-22,37-45,48-59,62-68,109-118,141H,16-18,23-36,88H2,1-15H3,(H2,89,119)(H,90,122)(H,91,135)(H,92,121)(H,93,126)(H,94,136)(H,95,124)(H,96,128)(H,97,129)(H,98,127)(H,99,131)(H,100,134)(H,101,120)(H,102,130)(H,103,132)(H,104,137)(H,105,125)(H,106,123)(H,107,133)(H,139,140)/t42-,43+,44+,45+,48-,49-,50-,51-,52-,53-,54-,55-,56-,57-,58-,59-,62-,63-,64-,65-,66-,67-,68-/m0/s1. The highest BCUT2D eigenvalue weighted by Gasteiger charge is 2.45. The van der Waals surface area contributed by atoms with Crippen molar-refractivity contribution >= 4 is 137 Å². The normalized spacial score (nSPS) is 17.2. The summed E-state index contributed by atoms with van der Waals surface area (Å²) in [4.78, 5) is 288. The van der Waals surface area contributed by atoms with Gasteiger partial charge in [-0.05, 0) is 106 Å². The Morgan fingerprint density at radius 3 is 1.12 bits per heavy atom. The number of aliphatic hydroxyl groups excluding tert-OH is 9. The fraction of sp³-hybridized carbons (Fsp3) is 0.690. The maximum absolute atomic E-state index is 14.5. The Morgan fingerprint density at radius 2 is 0.716 bits per heavy atom. The molecule has 0 saturated carbocycles. The average molecular weight is 2030 g/mol. The fourth-order valence-electron chi connectivity index (χ4n) is 14.0. The Balaban J connectivity index is 2.26. The molecule has 1 aliphatic heterocycles. The Bertz CT molecular complexity index is 4420. The molecule has 141 heavy (non-hydrogen) atoms. The van der Waals surface area contributed by atoms with E-state index in [1.165, 1.54) is 65.8 Å². The quantitative estimate of drug-likeness (QED) is 0.0269. The topological polar surface area (TPSA) is 853 Å². The number of nitrogens with one attached hydrogen (secondary N) is 18. The van der Waals surface area contributed by atoms with E-state index < -0.39 is 346 Å². The van der Waals surface area contributed by atoms with Crippen LogP contribution in [0, 0.1) is 35.5 Å². The summed E-state index contributed by atoms with van der Waals surface area (Å²) in [5.41, 5.74) is 11.3. The molecule has 20 amide bonds. The molecule has 53 nitrogen and oxygen atoms in total. The molecule has 0 spiro atoms. The van der Waals surface area contributed by atoms with Gasteiger partial charge in [-0.2, -0.15) is 12.6 Å². The van der Waals surface area contributed by atoms with E-state index in [0.29, 0.717) is 5.56 Å². The van der Waals surface area contributed by atoms with Crippen LogP contribution >= 0.6 is 12.6 Å². The number of hydrogen-bond acceptors (Lipinski definition) is 33. The zero-order chi connectivity index (χ0) is 108. The number of likely N-dealkylation sites (tertiary alicyclic amines) is 1. The number of rotatable bonds is 62. The number of aromatic hydroxyl groups is 1. The number of hydrogen-bond donors (Lipinski definition) is 32. The maximum Gasteiger partial charge on any atom is 0.327 e. The van der Waals surface area contributed by atoms with Gasteiger partial charge in [0.2, 0.25) is 118 Å². The van der Waals surface area contributed by atoms with Crippen LogP contribution in [0.25, 0.3) is 0 Å². The number of benzene rings is 1. The van der Waals surface area contributed by atoms with E-state index in [4.69, 9.17) is 11.5 Å². The summed E-state index contributed by atoms with van der Waals surface area (Å²) < 4.78 is 0. The molecule has 0 bridgehead atoms. The Kier molecular flexibility index (Phi) is 54.5. The van der Waals surface area contributed by atoms with E-state index in [1.807, 2.05) is 0 Å². The van der Waals surface area contributed by atoms with Gasteiger partial charge in [-0.15, -0.1) is 0 Å². The van der Waals surface area contributed by atoms with Crippen molar-refractivity contribution in [2.45, 2.75) is 288 Å². The number of nitrogens with two attached hydrogens (primary N) is 2. The number of amides is 20. The smallest absolute Gasteiger partial charge is 0.327 e. The number of primary amides is 1. The second-order valence-electron chi connectivity index (χ2n) is 36.2. The van der Waals surface area contributed by atoms with Gasteiger partial charge in [0.15, 0.2) is 0 Å². The third-order valence-corrected chi connectivity index (χ3v) is 22.8. The number of phenolic OH excluding ortho intramolecular Hbond substituents is 1. The van der Waals surface area contributed by atoms with Gasteiger partial charge in [0.05, 0.1) is 64.5 Å². The number of aliphatic carboxylic acids is 1. The van der Waals surface area contributed by atoms with Crippen LogP contribution in [0.5, 0.6) is 5.75 Å². The van der Waals surface area contributed by atoms with Crippen molar-refractivity contribution in [1.29, 1.82) is 0 Å². The van der Waals surface area contributed by atoms with Crippen molar-refractivity contribution < 1.29 is 157 Å². The van der Waals surface area contributed by atoms with Crippen LogP contribution < -0.4 is 107 Å². The monoisotopic (exact) mass is 2030 g/mol. The second-order valence-corrected chi connectivity index (χ2v) is 36.5. The van der Waals surface area contributed by atoms with E-state index in [9.17, 15) is 157 Å². The predicted molar refractivity (Wildman–Crippen MR) is 501 cm³/mol. The van der Waals surface area contributed by atoms with Gasteiger partial charge < -0.3 is 168 Å². The van der Waals surface area contributed by atoms with Crippen LogP contribution in [0.2, 0.25) is 0 Å². The highest BCUT2D eigenvalue weighted by Crippen LogP contribution is 2.23. The van der Waals surface area contributed by atoms with Gasteiger partial charge in [0.25, 0.3) is 0 Å². The molecule has 0 radical (unpaired) electrons. The van der Waals surface area contributed by atoms with Crippen molar-refractivity contribution in [2.75, 3.05) is 58.5 Å². The summed E-state index contributed by atoms with van der Waals surface area (Å²) in [6, 6.07) is -26.7. The van der Waals surface area contributed by atoms with E-state index in [2.05, 4.69) is 108 Å². The molecule has 0 aliphatic carbocycles. The zero-order valence-electron chi connectivity index (χ0n) is 81.5. The molecule has 1 heterocycles. The molecule has 1 aromatic carbocycles. The predicted octanol–water partition coefficient (Wildman–Crippen LogP) is -12.9. The number of carbonyl (C=O) groups excluding carboxylic acids is 20. The molecule has 2 rings (SSSR count). The molecule has 54 heteroatoms. The summed E-state index contributed by atoms with van der Waals surface area (Å²) in [5.74, 6) is -27.9. The summed E-state index contributed by atoms with van der Waals surface area (Å²) in [5, 5.41) is 155. The third kappa shape index (κ3) is 41.1. The van der Waals surface area contributed by atoms with Crippen LogP contribution in [0.3, 0.4) is 0 Å². The van der Waals surface area contributed by atoms with Crippen molar-refractivity contribution in [3.05, 3.63) is 29.8 Å². The Morgan fingerprint density at radius 1 is 0.390 bits per heavy atom. The maximum atomic E-state index is 14.5. The summed E-state index contributed by atoms with van der Waals surface area (Å²) in [7, 11) is 0. The number of nitrogens with zero attached hydrogens (tertiary/aromatic N) is 1. The average Bonchev–Trinajstić information content (AvgIpc) is 1.75. The molecule has 33 N–H and O–H groups in total. The van der Waals surface area contributed by atoms with Crippen LogP contribution in [-0.4, -0.2) is 377 Å². The van der Waals surface area contributed by atoms with Crippen LogP contribution in [0.15, 0.2) is 24.3 Å². The van der Waals surface area contributed by atoms with E-state index in [0.717, 1.165) is 25.7 Å². The summed E-state index contributed by atoms with van der Waals surface area (Å²) in [6.45, 7) is 14.4. The lowest BCUT2D eigenvalue weighted by Crippen LogP contribution is -2.64. The van der Waals surface area contributed by atoms with Gasteiger partial charge in [0.1, 0.15) is 121 Å². The minimum Gasteiger partial charge on any atom is -0.508 e. The van der Waals surface area contributed by atoms with Crippen molar-refractivity contribution in [3.8, 4) is 5.75 Å². The van der Waals surface area contributed by atoms with Crippen molar-refractivity contribution in [1.82, 2.24) is 101 Å².